The van der Waals surface area contributed by atoms with Gasteiger partial charge in [-0.1, -0.05) is 6.92 Å². The fourth-order valence-electron chi connectivity index (χ4n) is 2.33. The molecule has 1 fully saturated rings. The number of amides is 1. The van der Waals surface area contributed by atoms with Gasteiger partial charge in [0.05, 0.1) is 0 Å². The molecule has 104 valence electrons. The Balaban J connectivity index is 1.89. The van der Waals surface area contributed by atoms with Crippen molar-refractivity contribution in [1.82, 2.24) is 0 Å². The Hall–Kier alpha value is -1.55. The highest BCUT2D eigenvalue weighted by Crippen LogP contribution is 2.22. The molecule has 2 rings (SSSR count). The standard InChI is InChI=1S/C15H23N3O/c1-2-12(16)11-15(19)17-13-5-7-14(8-6-13)18-9-3-4-10-18/h5-8,12H,2-4,9-11,16H2,1H3,(H,17,19). The number of benzene rings is 1. The summed E-state index contributed by atoms with van der Waals surface area (Å²) in [7, 11) is 0. The SMILES string of the molecule is CCC(N)CC(=O)Nc1ccc(N2CCCC2)cc1. The second-order valence-electron chi connectivity index (χ2n) is 5.16. The first-order chi connectivity index (χ1) is 9.19. The molecule has 0 bridgehead atoms. The lowest BCUT2D eigenvalue weighted by molar-refractivity contribution is -0.116. The first-order valence-corrected chi connectivity index (χ1v) is 7.09. The summed E-state index contributed by atoms with van der Waals surface area (Å²) in [5, 5.41) is 2.89. The third kappa shape index (κ3) is 3.96. The van der Waals surface area contributed by atoms with Crippen LogP contribution in [0.5, 0.6) is 0 Å². The van der Waals surface area contributed by atoms with Gasteiger partial charge in [0.15, 0.2) is 0 Å². The van der Waals surface area contributed by atoms with E-state index in [1.54, 1.807) is 0 Å². The van der Waals surface area contributed by atoms with Crippen molar-refractivity contribution in [2.24, 2.45) is 5.73 Å². The lowest BCUT2D eigenvalue weighted by atomic mass is 10.1. The molecule has 3 N–H and O–H groups in total. The Morgan fingerprint density at radius 1 is 1.32 bits per heavy atom. The van der Waals surface area contributed by atoms with Crippen molar-refractivity contribution in [3.05, 3.63) is 24.3 Å². The number of nitrogens with zero attached hydrogens (tertiary/aromatic N) is 1. The number of rotatable bonds is 5. The molecule has 1 saturated heterocycles. The van der Waals surface area contributed by atoms with Gasteiger partial charge in [0.25, 0.3) is 0 Å². The predicted molar refractivity (Wildman–Crippen MR) is 79.4 cm³/mol. The molecule has 1 unspecified atom stereocenters. The molecule has 1 heterocycles. The molecule has 1 aliphatic rings. The second kappa shape index (κ2) is 6.57. The molecule has 1 aromatic rings. The van der Waals surface area contributed by atoms with E-state index in [1.807, 2.05) is 19.1 Å². The van der Waals surface area contributed by atoms with Gasteiger partial charge in [-0.05, 0) is 43.5 Å². The van der Waals surface area contributed by atoms with E-state index in [0.29, 0.717) is 6.42 Å². The molecule has 0 aromatic heterocycles. The first kappa shape index (κ1) is 13.9. The molecule has 0 aliphatic carbocycles. The summed E-state index contributed by atoms with van der Waals surface area (Å²) in [6.07, 6.45) is 3.74. The number of carbonyl (C=O) groups is 1. The lowest BCUT2D eigenvalue weighted by Crippen LogP contribution is -2.26. The minimum absolute atomic E-state index is 0.0109. The van der Waals surface area contributed by atoms with Crippen LogP contribution >= 0.6 is 0 Å². The molecule has 1 amide bonds. The summed E-state index contributed by atoms with van der Waals surface area (Å²) in [5.74, 6) is -0.0109. The molecule has 0 spiro atoms. The van der Waals surface area contributed by atoms with Crippen LogP contribution in [0.1, 0.15) is 32.6 Å². The quantitative estimate of drug-likeness (QED) is 0.855. The van der Waals surface area contributed by atoms with E-state index in [9.17, 15) is 4.79 Å². The van der Waals surface area contributed by atoms with Crippen LogP contribution < -0.4 is 16.0 Å². The summed E-state index contributed by atoms with van der Waals surface area (Å²) >= 11 is 0. The molecule has 0 radical (unpaired) electrons. The summed E-state index contributed by atoms with van der Waals surface area (Å²) in [6.45, 7) is 4.26. The maximum atomic E-state index is 11.7. The Bertz CT molecular complexity index is 410. The average Bonchev–Trinajstić information content (AvgIpc) is 2.93. The van der Waals surface area contributed by atoms with Crippen molar-refractivity contribution < 1.29 is 4.79 Å². The largest absolute Gasteiger partial charge is 0.372 e. The van der Waals surface area contributed by atoms with Gasteiger partial charge in [-0.3, -0.25) is 4.79 Å². The van der Waals surface area contributed by atoms with Crippen LogP contribution in [0, 0.1) is 0 Å². The van der Waals surface area contributed by atoms with Crippen molar-refractivity contribution >= 4 is 17.3 Å². The highest BCUT2D eigenvalue weighted by atomic mass is 16.1. The van der Waals surface area contributed by atoms with Gasteiger partial charge in [0.2, 0.25) is 5.91 Å². The van der Waals surface area contributed by atoms with E-state index in [0.717, 1.165) is 25.2 Å². The Labute approximate surface area is 115 Å². The smallest absolute Gasteiger partial charge is 0.225 e. The molecule has 4 heteroatoms. The van der Waals surface area contributed by atoms with Crippen molar-refractivity contribution in [2.45, 2.75) is 38.6 Å². The van der Waals surface area contributed by atoms with Crippen molar-refractivity contribution in [3.8, 4) is 0 Å². The molecule has 1 aliphatic heterocycles. The van der Waals surface area contributed by atoms with E-state index in [4.69, 9.17) is 5.73 Å². The van der Waals surface area contributed by atoms with Gasteiger partial charge in [0.1, 0.15) is 0 Å². The summed E-state index contributed by atoms with van der Waals surface area (Å²) in [5.41, 5.74) is 7.85. The van der Waals surface area contributed by atoms with Gasteiger partial charge in [-0.15, -0.1) is 0 Å². The summed E-state index contributed by atoms with van der Waals surface area (Å²) in [4.78, 5) is 14.1. The Kier molecular flexibility index (Phi) is 4.80. The van der Waals surface area contributed by atoms with Gasteiger partial charge < -0.3 is 16.0 Å². The fraction of sp³-hybridized carbons (Fsp3) is 0.533. The van der Waals surface area contributed by atoms with Crippen molar-refractivity contribution in [1.29, 1.82) is 0 Å². The first-order valence-electron chi connectivity index (χ1n) is 7.09. The van der Waals surface area contributed by atoms with Crippen LogP contribution in [0.25, 0.3) is 0 Å². The molecular weight excluding hydrogens is 238 g/mol. The van der Waals surface area contributed by atoms with Gasteiger partial charge >= 0.3 is 0 Å². The predicted octanol–water partition coefficient (Wildman–Crippen LogP) is 2.35. The topological polar surface area (TPSA) is 58.4 Å². The average molecular weight is 261 g/mol. The second-order valence-corrected chi connectivity index (χ2v) is 5.16. The fourth-order valence-corrected chi connectivity index (χ4v) is 2.33. The van der Waals surface area contributed by atoms with E-state index >= 15 is 0 Å². The van der Waals surface area contributed by atoms with Crippen LogP contribution in [0.2, 0.25) is 0 Å². The zero-order valence-electron chi connectivity index (χ0n) is 11.6. The molecule has 1 atom stereocenters. The number of carbonyl (C=O) groups excluding carboxylic acids is 1. The maximum Gasteiger partial charge on any atom is 0.225 e. The number of hydrogen-bond acceptors (Lipinski definition) is 3. The zero-order chi connectivity index (χ0) is 13.7. The Morgan fingerprint density at radius 2 is 1.95 bits per heavy atom. The summed E-state index contributed by atoms with van der Waals surface area (Å²) < 4.78 is 0. The minimum atomic E-state index is -0.0520. The lowest BCUT2D eigenvalue weighted by Gasteiger charge is -2.18. The van der Waals surface area contributed by atoms with E-state index in [1.165, 1.54) is 18.5 Å². The van der Waals surface area contributed by atoms with E-state index in [-0.39, 0.29) is 11.9 Å². The summed E-state index contributed by atoms with van der Waals surface area (Å²) in [6, 6.07) is 8.01. The van der Waals surface area contributed by atoms with E-state index < -0.39 is 0 Å². The van der Waals surface area contributed by atoms with Crippen LogP contribution in [-0.2, 0) is 4.79 Å². The monoisotopic (exact) mass is 261 g/mol. The van der Waals surface area contributed by atoms with Gasteiger partial charge in [0, 0.05) is 36.9 Å². The number of nitrogens with one attached hydrogen (secondary N) is 1. The van der Waals surface area contributed by atoms with Crippen LogP contribution in [0.3, 0.4) is 0 Å². The maximum absolute atomic E-state index is 11.7. The van der Waals surface area contributed by atoms with E-state index in [2.05, 4.69) is 22.3 Å². The van der Waals surface area contributed by atoms with Gasteiger partial charge in [-0.2, -0.15) is 0 Å². The zero-order valence-corrected chi connectivity index (χ0v) is 11.6. The van der Waals surface area contributed by atoms with Gasteiger partial charge in [-0.25, -0.2) is 0 Å². The molecule has 0 saturated carbocycles. The molecule has 19 heavy (non-hydrogen) atoms. The highest BCUT2D eigenvalue weighted by Gasteiger charge is 2.12. The molecule has 1 aromatic carbocycles. The number of nitrogens with two attached hydrogens (primary N) is 1. The van der Waals surface area contributed by atoms with Crippen LogP contribution in [-0.4, -0.2) is 25.0 Å². The minimum Gasteiger partial charge on any atom is -0.372 e. The number of hydrogen-bond donors (Lipinski definition) is 2. The molecule has 4 nitrogen and oxygen atoms in total. The van der Waals surface area contributed by atoms with Crippen molar-refractivity contribution in [2.75, 3.05) is 23.3 Å². The normalized spacial score (nSPS) is 16.4. The number of anilines is 2. The Morgan fingerprint density at radius 3 is 2.53 bits per heavy atom. The van der Waals surface area contributed by atoms with Crippen molar-refractivity contribution in [3.63, 3.8) is 0 Å². The third-order valence-electron chi connectivity index (χ3n) is 3.59. The highest BCUT2D eigenvalue weighted by molar-refractivity contribution is 5.91. The third-order valence-corrected chi connectivity index (χ3v) is 3.59. The van der Waals surface area contributed by atoms with Crippen LogP contribution in [0.4, 0.5) is 11.4 Å². The van der Waals surface area contributed by atoms with Crippen LogP contribution in [0.15, 0.2) is 24.3 Å². The molecular formula is C15H23N3O.